The van der Waals surface area contributed by atoms with E-state index in [9.17, 15) is 18.3 Å². The van der Waals surface area contributed by atoms with Crippen molar-refractivity contribution in [2.75, 3.05) is 33.3 Å². The van der Waals surface area contributed by atoms with Crippen LogP contribution in [0.25, 0.3) is 0 Å². The Balaban J connectivity index is 0.00000242. The number of phenols is 1. The van der Waals surface area contributed by atoms with Gasteiger partial charge in [-0.25, -0.2) is 0 Å². The van der Waals surface area contributed by atoms with Gasteiger partial charge in [0, 0.05) is 26.2 Å². The lowest BCUT2D eigenvalue weighted by atomic mass is 10.0. The molecule has 0 saturated carbocycles. The summed E-state index contributed by atoms with van der Waals surface area (Å²) in [6, 6.07) is 0.549. The zero-order valence-corrected chi connectivity index (χ0v) is 13.4. The predicted octanol–water partition coefficient (Wildman–Crippen LogP) is 2.98. The first-order chi connectivity index (χ1) is 9.84. The summed E-state index contributed by atoms with van der Waals surface area (Å²) >= 11 is 5.80. The zero-order chi connectivity index (χ0) is 15.6. The van der Waals surface area contributed by atoms with Gasteiger partial charge in [-0.2, -0.15) is 13.2 Å². The van der Waals surface area contributed by atoms with Crippen molar-refractivity contribution in [2.24, 2.45) is 0 Å². The molecule has 1 heterocycles. The molecule has 2 N–H and O–H groups in total. The summed E-state index contributed by atoms with van der Waals surface area (Å²) in [7, 11) is 1.27. The summed E-state index contributed by atoms with van der Waals surface area (Å²) in [6.45, 7) is 1.56. The standard InChI is InChI=1S/C13H16ClF3N2O2.ClH/c1-21-10-7-8(6-9(14)11(10)20)12(13(15,16)17)19-4-2-18-3-5-19;/h6-7,12,18,20H,2-5H2,1H3;1H/t12-;/m0./s1. The van der Waals surface area contributed by atoms with E-state index < -0.39 is 12.2 Å². The molecule has 0 bridgehead atoms. The fourth-order valence-corrected chi connectivity index (χ4v) is 2.67. The number of hydrogen-bond donors (Lipinski definition) is 2. The molecule has 1 aromatic rings. The van der Waals surface area contributed by atoms with Gasteiger partial charge >= 0.3 is 6.18 Å². The summed E-state index contributed by atoms with van der Waals surface area (Å²) in [4.78, 5) is 1.35. The van der Waals surface area contributed by atoms with Crippen LogP contribution in [0, 0.1) is 0 Å². The minimum atomic E-state index is -4.44. The Morgan fingerprint density at radius 3 is 2.41 bits per heavy atom. The number of ether oxygens (including phenoxy) is 1. The van der Waals surface area contributed by atoms with Crippen molar-refractivity contribution in [1.29, 1.82) is 0 Å². The lowest BCUT2D eigenvalue weighted by Gasteiger charge is -2.36. The minimum Gasteiger partial charge on any atom is -0.503 e. The molecule has 2 rings (SSSR count). The van der Waals surface area contributed by atoms with E-state index in [4.69, 9.17) is 16.3 Å². The van der Waals surface area contributed by atoms with Crippen molar-refractivity contribution in [3.63, 3.8) is 0 Å². The van der Waals surface area contributed by atoms with Crippen LogP contribution in [0.1, 0.15) is 11.6 Å². The predicted molar refractivity (Wildman–Crippen MR) is 80.2 cm³/mol. The van der Waals surface area contributed by atoms with Crippen LogP contribution in [-0.4, -0.2) is 49.5 Å². The largest absolute Gasteiger partial charge is 0.503 e. The Morgan fingerprint density at radius 1 is 1.32 bits per heavy atom. The molecule has 1 aliphatic heterocycles. The monoisotopic (exact) mass is 360 g/mol. The van der Waals surface area contributed by atoms with Gasteiger partial charge in [-0.15, -0.1) is 12.4 Å². The fraction of sp³-hybridized carbons (Fsp3) is 0.538. The number of hydrogen-bond acceptors (Lipinski definition) is 4. The smallest absolute Gasteiger partial charge is 0.408 e. The first kappa shape index (κ1) is 19.2. The summed E-state index contributed by atoms with van der Waals surface area (Å²) in [6.07, 6.45) is -4.44. The molecule has 1 aliphatic rings. The number of methoxy groups -OCH3 is 1. The number of rotatable bonds is 3. The Hall–Kier alpha value is -0.890. The van der Waals surface area contributed by atoms with Crippen molar-refractivity contribution >= 4 is 24.0 Å². The highest BCUT2D eigenvalue weighted by atomic mass is 35.5. The molecular weight excluding hydrogens is 344 g/mol. The molecule has 0 aliphatic carbocycles. The van der Waals surface area contributed by atoms with Crippen LogP contribution >= 0.6 is 24.0 Å². The van der Waals surface area contributed by atoms with Crippen LogP contribution in [0.4, 0.5) is 13.2 Å². The number of phenolic OH excluding ortho intramolecular Hbond substituents is 1. The summed E-state index contributed by atoms with van der Waals surface area (Å²) in [5.74, 6) is -0.425. The maximum absolute atomic E-state index is 13.4. The van der Waals surface area contributed by atoms with Gasteiger partial charge in [0.25, 0.3) is 0 Å². The molecule has 126 valence electrons. The van der Waals surface area contributed by atoms with Crippen molar-refractivity contribution in [2.45, 2.75) is 12.2 Å². The number of halogens is 5. The normalized spacial score (nSPS) is 17.7. The highest BCUT2D eigenvalue weighted by Crippen LogP contribution is 2.43. The number of aromatic hydroxyl groups is 1. The van der Waals surface area contributed by atoms with Crippen LogP contribution in [0.2, 0.25) is 5.02 Å². The first-order valence-electron chi connectivity index (χ1n) is 6.42. The molecular formula is C13H17Cl2F3N2O2. The fourth-order valence-electron chi connectivity index (χ4n) is 2.45. The highest BCUT2D eigenvalue weighted by Gasteiger charge is 2.45. The van der Waals surface area contributed by atoms with Gasteiger partial charge in [0.2, 0.25) is 0 Å². The molecule has 0 spiro atoms. The van der Waals surface area contributed by atoms with E-state index in [1.807, 2.05) is 0 Å². The number of piperazine rings is 1. The first-order valence-corrected chi connectivity index (χ1v) is 6.80. The van der Waals surface area contributed by atoms with Gasteiger partial charge in [-0.1, -0.05) is 11.6 Å². The second-order valence-corrected chi connectivity index (χ2v) is 5.19. The minimum absolute atomic E-state index is 0. The lowest BCUT2D eigenvalue weighted by molar-refractivity contribution is -0.187. The van der Waals surface area contributed by atoms with E-state index in [-0.39, 0.29) is 47.6 Å². The molecule has 1 aromatic carbocycles. The Bertz CT molecular complexity index is 509. The topological polar surface area (TPSA) is 44.7 Å². The Morgan fingerprint density at radius 2 is 1.91 bits per heavy atom. The molecule has 9 heteroatoms. The molecule has 1 fully saturated rings. The Labute approximate surface area is 137 Å². The van der Waals surface area contributed by atoms with Gasteiger partial charge in [0.15, 0.2) is 11.5 Å². The molecule has 22 heavy (non-hydrogen) atoms. The number of nitrogens with zero attached hydrogens (tertiary/aromatic N) is 1. The second kappa shape index (κ2) is 7.59. The van der Waals surface area contributed by atoms with E-state index in [0.29, 0.717) is 13.1 Å². The molecule has 1 saturated heterocycles. The summed E-state index contributed by atoms with van der Waals surface area (Å²) in [5, 5.41) is 12.5. The van der Waals surface area contributed by atoms with Crippen molar-refractivity contribution in [3.05, 3.63) is 22.7 Å². The third kappa shape index (κ3) is 4.10. The Kier molecular flexibility index (Phi) is 6.61. The third-order valence-corrected chi connectivity index (χ3v) is 3.70. The molecule has 0 aromatic heterocycles. The van der Waals surface area contributed by atoms with Crippen molar-refractivity contribution in [3.8, 4) is 11.5 Å². The average Bonchev–Trinajstić information content (AvgIpc) is 2.42. The lowest BCUT2D eigenvalue weighted by Crippen LogP contribution is -2.49. The van der Waals surface area contributed by atoms with E-state index in [0.717, 1.165) is 6.07 Å². The SMILES string of the molecule is COc1cc([C@H](N2CCNCC2)C(F)(F)F)cc(Cl)c1O.Cl. The molecule has 4 nitrogen and oxygen atoms in total. The van der Waals surface area contributed by atoms with E-state index >= 15 is 0 Å². The van der Waals surface area contributed by atoms with Crippen molar-refractivity contribution in [1.82, 2.24) is 10.2 Å². The number of alkyl halides is 3. The average molecular weight is 361 g/mol. The van der Waals surface area contributed by atoms with Gasteiger partial charge < -0.3 is 15.2 Å². The van der Waals surface area contributed by atoms with E-state index in [1.165, 1.54) is 18.1 Å². The maximum Gasteiger partial charge on any atom is 0.408 e. The van der Waals surface area contributed by atoms with Crippen molar-refractivity contribution < 1.29 is 23.0 Å². The van der Waals surface area contributed by atoms with Crippen LogP contribution in [0.3, 0.4) is 0 Å². The summed E-state index contributed by atoms with van der Waals surface area (Å²) < 4.78 is 45.2. The third-order valence-electron chi connectivity index (χ3n) is 3.41. The maximum atomic E-state index is 13.4. The molecule has 0 unspecified atom stereocenters. The van der Waals surface area contributed by atoms with E-state index in [1.54, 1.807) is 0 Å². The zero-order valence-electron chi connectivity index (χ0n) is 11.8. The molecule has 1 atom stereocenters. The van der Waals surface area contributed by atoms with Gasteiger partial charge in [0.05, 0.1) is 12.1 Å². The quantitative estimate of drug-likeness (QED) is 0.869. The number of nitrogens with one attached hydrogen (secondary N) is 1. The molecule has 0 radical (unpaired) electrons. The van der Waals surface area contributed by atoms with E-state index in [2.05, 4.69) is 5.32 Å². The highest BCUT2D eigenvalue weighted by molar-refractivity contribution is 6.32. The van der Waals surface area contributed by atoms with Crippen LogP contribution in [-0.2, 0) is 0 Å². The van der Waals surface area contributed by atoms with Crippen LogP contribution < -0.4 is 10.1 Å². The number of benzene rings is 1. The van der Waals surface area contributed by atoms with Gasteiger partial charge in [-0.05, 0) is 17.7 Å². The summed E-state index contributed by atoms with van der Waals surface area (Å²) in [5.41, 5.74) is -0.0379. The van der Waals surface area contributed by atoms with Gasteiger partial charge in [0.1, 0.15) is 6.04 Å². The van der Waals surface area contributed by atoms with Gasteiger partial charge in [-0.3, -0.25) is 4.90 Å². The van der Waals surface area contributed by atoms with Crippen LogP contribution in [0.5, 0.6) is 11.5 Å². The second-order valence-electron chi connectivity index (χ2n) is 4.78. The molecule has 0 amide bonds. The van der Waals surface area contributed by atoms with Crippen LogP contribution in [0.15, 0.2) is 12.1 Å².